The Labute approximate surface area is 115 Å². The van der Waals surface area contributed by atoms with Gasteiger partial charge >= 0.3 is 0 Å². The summed E-state index contributed by atoms with van der Waals surface area (Å²) >= 11 is 0. The van der Waals surface area contributed by atoms with Crippen LogP contribution in [0.15, 0.2) is 47.3 Å². The summed E-state index contributed by atoms with van der Waals surface area (Å²) in [6.07, 6.45) is 3.17. The predicted octanol–water partition coefficient (Wildman–Crippen LogP) is 2.16. The van der Waals surface area contributed by atoms with Gasteiger partial charge in [0.2, 0.25) is 0 Å². The quantitative estimate of drug-likeness (QED) is 0.731. The summed E-state index contributed by atoms with van der Waals surface area (Å²) in [5.41, 5.74) is 2.12. The highest BCUT2D eigenvalue weighted by molar-refractivity contribution is 5.93. The Morgan fingerprint density at radius 3 is 2.95 bits per heavy atom. The molecule has 0 aliphatic heterocycles. The van der Waals surface area contributed by atoms with Gasteiger partial charge in [-0.15, -0.1) is 0 Å². The zero-order valence-electron chi connectivity index (χ0n) is 11.2. The molecule has 0 fully saturated rings. The summed E-state index contributed by atoms with van der Waals surface area (Å²) in [4.78, 5) is 14.2. The van der Waals surface area contributed by atoms with Crippen LogP contribution in [0, 0.1) is 0 Å². The molecule has 1 atom stereocenters. The zero-order valence-corrected chi connectivity index (χ0v) is 11.2. The topological polar surface area (TPSA) is 63.6 Å². The van der Waals surface area contributed by atoms with Crippen molar-refractivity contribution in [3.63, 3.8) is 0 Å². The second kappa shape index (κ2) is 4.80. The third-order valence-electron chi connectivity index (χ3n) is 3.43. The van der Waals surface area contributed by atoms with Crippen LogP contribution in [0.25, 0.3) is 5.52 Å². The van der Waals surface area contributed by atoms with E-state index in [1.165, 1.54) is 6.26 Å². The third kappa shape index (κ3) is 1.95. The van der Waals surface area contributed by atoms with Crippen LogP contribution in [0.1, 0.15) is 29.1 Å². The van der Waals surface area contributed by atoms with Gasteiger partial charge in [-0.1, -0.05) is 11.2 Å². The van der Waals surface area contributed by atoms with E-state index in [0.29, 0.717) is 11.4 Å². The number of aromatic nitrogens is 3. The van der Waals surface area contributed by atoms with Gasteiger partial charge in [0.25, 0.3) is 5.91 Å². The Bertz CT molecular complexity index is 733. The first-order chi connectivity index (χ1) is 9.68. The number of carbonyl (C=O) groups is 1. The molecule has 3 aromatic rings. The summed E-state index contributed by atoms with van der Waals surface area (Å²) in [6, 6.07) is 8.95. The number of rotatable bonds is 3. The minimum absolute atomic E-state index is 0.116. The van der Waals surface area contributed by atoms with Gasteiger partial charge in [0, 0.05) is 13.1 Å². The Hall–Kier alpha value is -2.63. The fourth-order valence-electron chi connectivity index (χ4n) is 2.10. The maximum atomic E-state index is 12.6. The van der Waals surface area contributed by atoms with Gasteiger partial charge < -0.3 is 9.42 Å². The lowest BCUT2D eigenvalue weighted by atomic mass is 10.2. The lowest BCUT2D eigenvalue weighted by Gasteiger charge is -2.23. The smallest absolute Gasteiger partial charge is 0.272 e. The molecule has 0 unspecified atom stereocenters. The van der Waals surface area contributed by atoms with Gasteiger partial charge in [-0.2, -0.15) is 5.10 Å². The molecule has 0 bridgehead atoms. The highest BCUT2D eigenvalue weighted by Gasteiger charge is 2.22. The Morgan fingerprint density at radius 2 is 2.20 bits per heavy atom. The molecule has 3 rings (SSSR count). The standard InChI is InChI=1S/C14H14N4O2/c1-10(12-7-9-20-16-12)17(2)14(19)13-5-3-4-11-6-8-15-18(11)13/h3-10H,1-2H3/t10-/m0/s1. The molecule has 3 heterocycles. The molecule has 0 saturated heterocycles. The van der Waals surface area contributed by atoms with E-state index in [1.54, 1.807) is 34.8 Å². The molecular formula is C14H14N4O2. The van der Waals surface area contributed by atoms with Crippen LogP contribution in [0.5, 0.6) is 0 Å². The van der Waals surface area contributed by atoms with Crippen molar-refractivity contribution in [1.82, 2.24) is 19.7 Å². The number of fused-ring (bicyclic) bond motifs is 1. The second-order valence-electron chi connectivity index (χ2n) is 4.60. The van der Waals surface area contributed by atoms with Gasteiger partial charge in [0.15, 0.2) is 0 Å². The van der Waals surface area contributed by atoms with Crippen molar-refractivity contribution < 1.29 is 9.32 Å². The van der Waals surface area contributed by atoms with Crippen molar-refractivity contribution >= 4 is 11.4 Å². The fraction of sp³-hybridized carbons (Fsp3) is 0.214. The summed E-state index contributed by atoms with van der Waals surface area (Å²) in [6.45, 7) is 1.90. The fourth-order valence-corrected chi connectivity index (χ4v) is 2.10. The molecule has 20 heavy (non-hydrogen) atoms. The van der Waals surface area contributed by atoms with E-state index < -0.39 is 0 Å². The first-order valence-corrected chi connectivity index (χ1v) is 6.28. The van der Waals surface area contributed by atoms with Crippen LogP contribution in [-0.4, -0.2) is 32.6 Å². The van der Waals surface area contributed by atoms with Crippen LogP contribution in [0.3, 0.4) is 0 Å². The van der Waals surface area contributed by atoms with Crippen molar-refractivity contribution in [3.8, 4) is 0 Å². The van der Waals surface area contributed by atoms with E-state index in [2.05, 4.69) is 10.3 Å². The molecule has 3 aromatic heterocycles. The van der Waals surface area contributed by atoms with Gasteiger partial charge in [-0.3, -0.25) is 4.79 Å². The van der Waals surface area contributed by atoms with E-state index in [1.807, 2.05) is 25.1 Å². The molecule has 0 N–H and O–H groups in total. The minimum atomic E-state index is -0.174. The molecule has 6 nitrogen and oxygen atoms in total. The monoisotopic (exact) mass is 270 g/mol. The lowest BCUT2D eigenvalue weighted by molar-refractivity contribution is 0.0729. The van der Waals surface area contributed by atoms with Gasteiger partial charge in [-0.05, 0) is 25.1 Å². The van der Waals surface area contributed by atoms with E-state index in [-0.39, 0.29) is 11.9 Å². The van der Waals surface area contributed by atoms with E-state index in [9.17, 15) is 4.79 Å². The van der Waals surface area contributed by atoms with Crippen LogP contribution in [0.4, 0.5) is 0 Å². The summed E-state index contributed by atoms with van der Waals surface area (Å²) < 4.78 is 6.46. The van der Waals surface area contributed by atoms with Crippen LogP contribution < -0.4 is 0 Å². The highest BCUT2D eigenvalue weighted by atomic mass is 16.5. The number of carbonyl (C=O) groups excluding carboxylic acids is 1. The van der Waals surface area contributed by atoms with E-state index in [4.69, 9.17) is 4.52 Å². The van der Waals surface area contributed by atoms with Crippen LogP contribution in [-0.2, 0) is 0 Å². The number of pyridine rings is 1. The van der Waals surface area contributed by atoms with Gasteiger partial charge in [-0.25, -0.2) is 4.52 Å². The number of hydrogen-bond acceptors (Lipinski definition) is 4. The molecule has 0 radical (unpaired) electrons. The molecular weight excluding hydrogens is 256 g/mol. The van der Waals surface area contributed by atoms with Gasteiger partial charge in [0.05, 0.1) is 17.8 Å². The average molecular weight is 270 g/mol. The maximum Gasteiger partial charge on any atom is 0.272 e. The number of amides is 1. The van der Waals surface area contributed by atoms with Crippen molar-refractivity contribution in [2.75, 3.05) is 7.05 Å². The predicted molar refractivity (Wildman–Crippen MR) is 72.2 cm³/mol. The van der Waals surface area contributed by atoms with Crippen LogP contribution in [0.2, 0.25) is 0 Å². The molecule has 0 spiro atoms. The number of hydrogen-bond donors (Lipinski definition) is 0. The van der Waals surface area contributed by atoms with Crippen molar-refractivity contribution in [2.45, 2.75) is 13.0 Å². The molecule has 6 heteroatoms. The summed E-state index contributed by atoms with van der Waals surface area (Å²) in [5.74, 6) is -0.116. The normalized spacial score (nSPS) is 12.5. The second-order valence-corrected chi connectivity index (χ2v) is 4.60. The number of nitrogens with zero attached hydrogens (tertiary/aromatic N) is 4. The SMILES string of the molecule is C[C@@H](c1ccon1)N(C)C(=O)c1cccc2ccnn12. The molecule has 0 aliphatic carbocycles. The average Bonchev–Trinajstić information content (AvgIpc) is 3.14. The van der Waals surface area contributed by atoms with Crippen LogP contribution >= 0.6 is 0 Å². The minimum Gasteiger partial charge on any atom is -0.364 e. The highest BCUT2D eigenvalue weighted by Crippen LogP contribution is 2.19. The Balaban J connectivity index is 1.94. The first kappa shape index (κ1) is 12.4. The van der Waals surface area contributed by atoms with Crippen molar-refractivity contribution in [2.24, 2.45) is 0 Å². The van der Waals surface area contributed by atoms with Gasteiger partial charge in [0.1, 0.15) is 17.7 Å². The van der Waals surface area contributed by atoms with Crippen molar-refractivity contribution in [3.05, 3.63) is 54.2 Å². The largest absolute Gasteiger partial charge is 0.364 e. The lowest BCUT2D eigenvalue weighted by Crippen LogP contribution is -2.31. The molecule has 102 valence electrons. The first-order valence-electron chi connectivity index (χ1n) is 6.28. The summed E-state index contributed by atoms with van der Waals surface area (Å²) in [7, 11) is 1.74. The maximum absolute atomic E-state index is 12.6. The third-order valence-corrected chi connectivity index (χ3v) is 3.43. The van der Waals surface area contributed by atoms with E-state index in [0.717, 1.165) is 5.52 Å². The van der Waals surface area contributed by atoms with E-state index >= 15 is 0 Å². The summed E-state index contributed by atoms with van der Waals surface area (Å²) in [5, 5.41) is 8.05. The van der Waals surface area contributed by atoms with Crippen molar-refractivity contribution in [1.29, 1.82) is 0 Å². The molecule has 0 aromatic carbocycles. The Kier molecular flexibility index (Phi) is 2.98. The zero-order chi connectivity index (χ0) is 14.1. The molecule has 0 saturated carbocycles. The Morgan fingerprint density at radius 1 is 1.35 bits per heavy atom. The molecule has 1 amide bonds. The molecule has 0 aliphatic rings.